The SMILES string of the molecule is O=C(Nc1cccc(Br)c1)Nc1ccc2nc[nH]c2c1. The standard InChI is InChI=1S/C14H11BrN4O/c15-9-2-1-3-10(6-9)18-14(20)19-11-4-5-12-13(7-11)17-8-16-12/h1-8H,(H,16,17)(H2,18,19,20). The fourth-order valence-corrected chi connectivity index (χ4v) is 2.27. The van der Waals surface area contributed by atoms with E-state index in [9.17, 15) is 4.79 Å². The predicted octanol–water partition coefficient (Wildman–Crippen LogP) is 3.97. The Balaban J connectivity index is 1.72. The maximum Gasteiger partial charge on any atom is 0.323 e. The summed E-state index contributed by atoms with van der Waals surface area (Å²) in [6.45, 7) is 0. The highest BCUT2D eigenvalue weighted by Gasteiger charge is 2.04. The number of hydrogen-bond donors (Lipinski definition) is 3. The average Bonchev–Trinajstić information content (AvgIpc) is 2.86. The molecule has 0 aliphatic carbocycles. The number of aromatic amines is 1. The molecule has 3 aromatic rings. The van der Waals surface area contributed by atoms with Crippen molar-refractivity contribution in [1.82, 2.24) is 9.97 Å². The number of fused-ring (bicyclic) bond motifs is 1. The Morgan fingerprint density at radius 2 is 1.90 bits per heavy atom. The first kappa shape index (κ1) is 12.7. The summed E-state index contributed by atoms with van der Waals surface area (Å²) in [6, 6.07) is 12.6. The summed E-state index contributed by atoms with van der Waals surface area (Å²) < 4.78 is 0.911. The number of hydrogen-bond acceptors (Lipinski definition) is 2. The van der Waals surface area contributed by atoms with Crippen LogP contribution in [0.25, 0.3) is 11.0 Å². The van der Waals surface area contributed by atoms with E-state index in [2.05, 4.69) is 36.5 Å². The molecular formula is C14H11BrN4O. The van der Waals surface area contributed by atoms with E-state index in [1.165, 1.54) is 0 Å². The molecule has 2 aromatic carbocycles. The number of carbonyl (C=O) groups is 1. The third-order valence-corrected chi connectivity index (χ3v) is 3.25. The van der Waals surface area contributed by atoms with Gasteiger partial charge >= 0.3 is 6.03 Å². The lowest BCUT2D eigenvalue weighted by molar-refractivity contribution is 0.262. The van der Waals surface area contributed by atoms with Crippen LogP contribution in [0.15, 0.2) is 53.3 Å². The highest BCUT2D eigenvalue weighted by molar-refractivity contribution is 9.10. The molecular weight excluding hydrogens is 320 g/mol. The second-order valence-corrected chi connectivity index (χ2v) is 5.14. The third kappa shape index (κ3) is 2.80. The van der Waals surface area contributed by atoms with Crippen LogP contribution < -0.4 is 10.6 Å². The number of rotatable bonds is 2. The largest absolute Gasteiger partial charge is 0.345 e. The van der Waals surface area contributed by atoms with Crippen molar-refractivity contribution in [2.24, 2.45) is 0 Å². The van der Waals surface area contributed by atoms with Crippen LogP contribution in [-0.4, -0.2) is 16.0 Å². The Labute approximate surface area is 123 Å². The molecule has 2 amide bonds. The lowest BCUT2D eigenvalue weighted by Gasteiger charge is -2.07. The Bertz CT molecular complexity index is 768. The molecule has 1 aromatic heterocycles. The van der Waals surface area contributed by atoms with Crippen LogP contribution in [0, 0.1) is 0 Å². The van der Waals surface area contributed by atoms with Crippen LogP contribution in [0.4, 0.5) is 16.2 Å². The zero-order valence-corrected chi connectivity index (χ0v) is 11.9. The van der Waals surface area contributed by atoms with E-state index in [4.69, 9.17) is 0 Å². The number of carbonyl (C=O) groups excluding carboxylic acids is 1. The molecule has 0 saturated heterocycles. The molecule has 0 fully saturated rings. The van der Waals surface area contributed by atoms with Crippen molar-refractivity contribution in [1.29, 1.82) is 0 Å². The minimum absolute atomic E-state index is 0.290. The van der Waals surface area contributed by atoms with Gasteiger partial charge in [-0.05, 0) is 36.4 Å². The molecule has 0 saturated carbocycles. The first-order valence-electron chi connectivity index (χ1n) is 5.97. The number of amides is 2. The van der Waals surface area contributed by atoms with E-state index in [1.807, 2.05) is 42.5 Å². The third-order valence-electron chi connectivity index (χ3n) is 2.76. The van der Waals surface area contributed by atoms with Crippen LogP contribution in [0.5, 0.6) is 0 Å². The first-order chi connectivity index (χ1) is 9.70. The number of nitrogens with zero attached hydrogens (tertiary/aromatic N) is 1. The summed E-state index contributed by atoms with van der Waals surface area (Å²) in [7, 11) is 0. The van der Waals surface area contributed by atoms with Crippen LogP contribution in [0.2, 0.25) is 0 Å². The first-order valence-corrected chi connectivity index (χ1v) is 6.77. The van der Waals surface area contributed by atoms with Crippen LogP contribution in [-0.2, 0) is 0 Å². The van der Waals surface area contributed by atoms with Crippen molar-refractivity contribution < 1.29 is 4.79 Å². The van der Waals surface area contributed by atoms with E-state index < -0.39 is 0 Å². The maximum absolute atomic E-state index is 11.9. The van der Waals surface area contributed by atoms with E-state index in [-0.39, 0.29) is 6.03 Å². The molecule has 3 rings (SSSR count). The summed E-state index contributed by atoms with van der Waals surface area (Å²) >= 11 is 3.36. The van der Waals surface area contributed by atoms with Gasteiger partial charge in [-0.2, -0.15) is 0 Å². The Morgan fingerprint density at radius 3 is 2.70 bits per heavy atom. The van der Waals surface area contributed by atoms with E-state index >= 15 is 0 Å². The summed E-state index contributed by atoms with van der Waals surface area (Å²) in [4.78, 5) is 19.0. The Hall–Kier alpha value is -2.34. The molecule has 0 atom stereocenters. The summed E-state index contributed by atoms with van der Waals surface area (Å²) in [5.41, 5.74) is 3.17. The summed E-state index contributed by atoms with van der Waals surface area (Å²) in [5, 5.41) is 5.55. The number of imidazole rings is 1. The molecule has 1 heterocycles. The minimum Gasteiger partial charge on any atom is -0.345 e. The number of anilines is 2. The minimum atomic E-state index is -0.290. The van der Waals surface area contributed by atoms with Crippen molar-refractivity contribution in [3.8, 4) is 0 Å². The number of nitrogens with one attached hydrogen (secondary N) is 3. The van der Waals surface area contributed by atoms with Gasteiger partial charge in [0.2, 0.25) is 0 Å². The van der Waals surface area contributed by atoms with Crippen molar-refractivity contribution >= 4 is 44.4 Å². The van der Waals surface area contributed by atoms with Gasteiger partial charge in [0.05, 0.1) is 17.4 Å². The Kier molecular flexibility index (Phi) is 3.39. The number of aromatic nitrogens is 2. The van der Waals surface area contributed by atoms with Gasteiger partial charge in [-0.3, -0.25) is 0 Å². The topological polar surface area (TPSA) is 69.8 Å². The molecule has 6 heteroatoms. The van der Waals surface area contributed by atoms with Crippen molar-refractivity contribution in [3.05, 3.63) is 53.3 Å². The van der Waals surface area contributed by atoms with Crippen molar-refractivity contribution in [3.63, 3.8) is 0 Å². The number of benzene rings is 2. The lowest BCUT2D eigenvalue weighted by Crippen LogP contribution is -2.19. The second-order valence-electron chi connectivity index (χ2n) is 4.22. The van der Waals surface area contributed by atoms with Gasteiger partial charge in [-0.15, -0.1) is 0 Å². The van der Waals surface area contributed by atoms with Gasteiger partial charge in [-0.1, -0.05) is 22.0 Å². The molecule has 0 radical (unpaired) electrons. The van der Waals surface area contributed by atoms with Crippen molar-refractivity contribution in [2.75, 3.05) is 10.6 Å². The van der Waals surface area contributed by atoms with E-state index in [0.29, 0.717) is 5.69 Å². The predicted molar refractivity (Wildman–Crippen MR) is 82.9 cm³/mol. The summed E-state index contributed by atoms with van der Waals surface area (Å²) in [5.74, 6) is 0. The maximum atomic E-state index is 11.9. The molecule has 5 nitrogen and oxygen atoms in total. The molecule has 20 heavy (non-hydrogen) atoms. The molecule has 0 aliphatic rings. The van der Waals surface area contributed by atoms with Crippen molar-refractivity contribution in [2.45, 2.75) is 0 Å². The number of urea groups is 1. The zero-order chi connectivity index (χ0) is 13.9. The van der Waals surface area contributed by atoms with Gasteiger partial charge in [0.1, 0.15) is 0 Å². The monoisotopic (exact) mass is 330 g/mol. The number of H-pyrrole nitrogens is 1. The average molecular weight is 331 g/mol. The molecule has 0 bridgehead atoms. The van der Waals surface area contributed by atoms with Gasteiger partial charge in [0.25, 0.3) is 0 Å². The normalized spacial score (nSPS) is 10.4. The number of halogens is 1. The second kappa shape index (κ2) is 5.34. The lowest BCUT2D eigenvalue weighted by atomic mass is 10.3. The fraction of sp³-hybridized carbons (Fsp3) is 0. The van der Waals surface area contributed by atoms with Crippen LogP contribution >= 0.6 is 15.9 Å². The van der Waals surface area contributed by atoms with Gasteiger partial charge < -0.3 is 15.6 Å². The quantitative estimate of drug-likeness (QED) is 0.665. The van der Waals surface area contributed by atoms with Crippen LogP contribution in [0.3, 0.4) is 0 Å². The highest BCUT2D eigenvalue weighted by atomic mass is 79.9. The smallest absolute Gasteiger partial charge is 0.323 e. The van der Waals surface area contributed by atoms with Gasteiger partial charge in [0, 0.05) is 15.8 Å². The molecule has 0 spiro atoms. The Morgan fingerprint density at radius 1 is 1.10 bits per heavy atom. The van der Waals surface area contributed by atoms with Gasteiger partial charge in [0.15, 0.2) is 0 Å². The highest BCUT2D eigenvalue weighted by Crippen LogP contribution is 2.18. The fourth-order valence-electron chi connectivity index (χ4n) is 1.87. The molecule has 0 aliphatic heterocycles. The molecule has 0 unspecified atom stereocenters. The zero-order valence-electron chi connectivity index (χ0n) is 10.4. The van der Waals surface area contributed by atoms with Gasteiger partial charge in [-0.25, -0.2) is 9.78 Å². The summed E-state index contributed by atoms with van der Waals surface area (Å²) in [6.07, 6.45) is 1.62. The molecule has 3 N–H and O–H groups in total. The van der Waals surface area contributed by atoms with E-state index in [0.717, 1.165) is 21.2 Å². The molecule has 100 valence electrons. The van der Waals surface area contributed by atoms with Crippen LogP contribution in [0.1, 0.15) is 0 Å². The van der Waals surface area contributed by atoms with E-state index in [1.54, 1.807) is 6.33 Å².